The Morgan fingerprint density at radius 3 is 2.88 bits per heavy atom. The molecule has 1 heterocycles. The third kappa shape index (κ3) is 2.27. The summed E-state index contributed by atoms with van der Waals surface area (Å²) in [5.74, 6) is -0.645. The number of nitrogens with one attached hydrogen (secondary N) is 2. The van der Waals surface area contributed by atoms with Crippen LogP contribution in [0.3, 0.4) is 0 Å². The van der Waals surface area contributed by atoms with Gasteiger partial charge in [-0.2, -0.15) is 0 Å². The van der Waals surface area contributed by atoms with Gasteiger partial charge in [-0.15, -0.1) is 0 Å². The number of carboxylic acid groups (broad SMARTS) is 1. The predicted molar refractivity (Wildman–Crippen MR) is 61.3 cm³/mol. The summed E-state index contributed by atoms with van der Waals surface area (Å²) in [5.41, 5.74) is 0.781. The highest BCUT2D eigenvalue weighted by atomic mass is 16.4. The Balaban J connectivity index is 1.69. The lowest BCUT2D eigenvalue weighted by Crippen LogP contribution is -2.46. The molecule has 0 spiro atoms. The Morgan fingerprint density at radius 2 is 2.38 bits per heavy atom. The zero-order chi connectivity index (χ0) is 11.4. The molecule has 1 saturated carbocycles. The molecule has 1 aliphatic rings. The number of aromatic amines is 1. The molecule has 1 aromatic heterocycles. The van der Waals surface area contributed by atoms with Crippen molar-refractivity contribution in [2.45, 2.75) is 25.7 Å². The Hall–Kier alpha value is -1.29. The van der Waals surface area contributed by atoms with E-state index in [9.17, 15) is 4.79 Å². The minimum Gasteiger partial charge on any atom is -0.481 e. The summed E-state index contributed by atoms with van der Waals surface area (Å²) in [6.45, 7) is 1.44. The molecule has 1 aromatic rings. The van der Waals surface area contributed by atoms with Crippen molar-refractivity contribution in [3.8, 4) is 0 Å². The van der Waals surface area contributed by atoms with Crippen molar-refractivity contribution in [1.29, 1.82) is 0 Å². The van der Waals surface area contributed by atoms with Gasteiger partial charge in [0.25, 0.3) is 0 Å². The van der Waals surface area contributed by atoms with Crippen LogP contribution in [-0.2, 0) is 11.2 Å². The minimum absolute atomic E-state index is 0.474. The van der Waals surface area contributed by atoms with Crippen molar-refractivity contribution < 1.29 is 9.90 Å². The van der Waals surface area contributed by atoms with E-state index in [-0.39, 0.29) is 0 Å². The van der Waals surface area contributed by atoms with Gasteiger partial charge in [0, 0.05) is 18.9 Å². The lowest BCUT2D eigenvalue weighted by Gasteiger charge is -2.37. The first-order chi connectivity index (χ1) is 7.73. The van der Waals surface area contributed by atoms with Crippen LogP contribution in [0.1, 0.15) is 24.8 Å². The van der Waals surface area contributed by atoms with Gasteiger partial charge in [-0.25, -0.2) is 0 Å². The molecule has 1 aliphatic carbocycles. The molecule has 88 valence electrons. The summed E-state index contributed by atoms with van der Waals surface area (Å²) < 4.78 is 0. The number of aromatic nitrogens is 1. The van der Waals surface area contributed by atoms with E-state index in [1.165, 1.54) is 5.56 Å². The van der Waals surface area contributed by atoms with E-state index in [1.54, 1.807) is 0 Å². The fraction of sp³-hybridized carbons (Fsp3) is 0.583. The fourth-order valence-corrected chi connectivity index (χ4v) is 2.14. The van der Waals surface area contributed by atoms with Crippen LogP contribution >= 0.6 is 0 Å². The third-order valence-corrected chi connectivity index (χ3v) is 3.48. The van der Waals surface area contributed by atoms with E-state index in [0.29, 0.717) is 6.54 Å². The highest BCUT2D eigenvalue weighted by Crippen LogP contribution is 2.40. The van der Waals surface area contributed by atoms with Crippen LogP contribution in [-0.4, -0.2) is 29.1 Å². The smallest absolute Gasteiger partial charge is 0.310 e. The molecule has 0 aliphatic heterocycles. The Bertz CT molecular complexity index is 342. The molecular formula is C12H18N2O2. The van der Waals surface area contributed by atoms with Crippen LogP contribution in [0.25, 0.3) is 0 Å². The summed E-state index contributed by atoms with van der Waals surface area (Å²) >= 11 is 0. The monoisotopic (exact) mass is 222 g/mol. The van der Waals surface area contributed by atoms with E-state index in [2.05, 4.69) is 10.3 Å². The van der Waals surface area contributed by atoms with E-state index in [1.807, 2.05) is 18.5 Å². The quantitative estimate of drug-likeness (QED) is 0.637. The fourth-order valence-electron chi connectivity index (χ4n) is 2.14. The zero-order valence-corrected chi connectivity index (χ0v) is 9.33. The van der Waals surface area contributed by atoms with Crippen molar-refractivity contribution in [3.63, 3.8) is 0 Å². The van der Waals surface area contributed by atoms with Gasteiger partial charge in [-0.05, 0) is 37.4 Å². The average Bonchev–Trinajstić information content (AvgIpc) is 2.67. The summed E-state index contributed by atoms with van der Waals surface area (Å²) in [5, 5.41) is 12.4. The summed E-state index contributed by atoms with van der Waals surface area (Å²) in [6, 6.07) is 2.04. The van der Waals surface area contributed by atoms with Gasteiger partial charge in [0.15, 0.2) is 0 Å². The number of H-pyrrole nitrogens is 1. The van der Waals surface area contributed by atoms with Crippen LogP contribution in [0.15, 0.2) is 18.5 Å². The molecule has 0 unspecified atom stereocenters. The molecule has 0 bridgehead atoms. The first kappa shape index (κ1) is 11.2. The molecule has 3 N–H and O–H groups in total. The second kappa shape index (κ2) is 4.70. The largest absolute Gasteiger partial charge is 0.481 e. The molecule has 0 aromatic carbocycles. The van der Waals surface area contributed by atoms with Crippen LogP contribution in [0.2, 0.25) is 0 Å². The molecule has 4 heteroatoms. The second-order valence-corrected chi connectivity index (χ2v) is 4.59. The molecule has 0 atom stereocenters. The van der Waals surface area contributed by atoms with Crippen molar-refractivity contribution in [3.05, 3.63) is 24.0 Å². The summed E-state index contributed by atoms with van der Waals surface area (Å²) in [6.07, 6.45) is 7.50. The summed E-state index contributed by atoms with van der Waals surface area (Å²) in [7, 11) is 0. The Morgan fingerprint density at radius 1 is 1.56 bits per heavy atom. The van der Waals surface area contributed by atoms with Crippen LogP contribution in [0.5, 0.6) is 0 Å². The lowest BCUT2D eigenvalue weighted by molar-refractivity contribution is -0.154. The standard InChI is InChI=1S/C12H18N2O2/c15-11(16)12(4-1-5-12)9-14-7-3-10-2-6-13-8-10/h2,6,8,13-14H,1,3-5,7,9H2,(H,15,16). The highest BCUT2D eigenvalue weighted by molar-refractivity contribution is 5.76. The van der Waals surface area contributed by atoms with Crippen molar-refractivity contribution in [2.24, 2.45) is 5.41 Å². The van der Waals surface area contributed by atoms with Gasteiger partial charge in [-0.1, -0.05) is 6.42 Å². The number of carboxylic acids is 1. The molecule has 4 nitrogen and oxygen atoms in total. The maximum absolute atomic E-state index is 11.1. The lowest BCUT2D eigenvalue weighted by atomic mass is 9.69. The zero-order valence-electron chi connectivity index (χ0n) is 9.33. The molecule has 16 heavy (non-hydrogen) atoms. The number of hydrogen-bond acceptors (Lipinski definition) is 2. The van der Waals surface area contributed by atoms with Gasteiger partial charge in [-0.3, -0.25) is 4.79 Å². The van der Waals surface area contributed by atoms with Gasteiger partial charge >= 0.3 is 5.97 Å². The van der Waals surface area contributed by atoms with Crippen molar-refractivity contribution >= 4 is 5.97 Å². The van der Waals surface area contributed by atoms with Crippen LogP contribution < -0.4 is 5.32 Å². The van der Waals surface area contributed by atoms with E-state index in [4.69, 9.17) is 5.11 Å². The summed E-state index contributed by atoms with van der Waals surface area (Å²) in [4.78, 5) is 14.1. The Labute approximate surface area is 95.1 Å². The van der Waals surface area contributed by atoms with Gasteiger partial charge in [0.1, 0.15) is 0 Å². The SMILES string of the molecule is O=C(O)C1(CNCCc2cc[nH]c2)CCC1. The minimum atomic E-state index is -0.645. The van der Waals surface area contributed by atoms with E-state index >= 15 is 0 Å². The highest BCUT2D eigenvalue weighted by Gasteiger charge is 2.43. The Kier molecular flexibility index (Phi) is 3.29. The predicted octanol–water partition coefficient (Wildman–Crippen LogP) is 1.40. The maximum atomic E-state index is 11.1. The molecule has 0 amide bonds. The van der Waals surface area contributed by atoms with Crippen molar-refractivity contribution in [2.75, 3.05) is 13.1 Å². The normalized spacial score (nSPS) is 18.0. The molecule has 0 radical (unpaired) electrons. The third-order valence-electron chi connectivity index (χ3n) is 3.48. The molecule has 0 saturated heterocycles. The molecule has 2 rings (SSSR count). The molecule has 1 fully saturated rings. The second-order valence-electron chi connectivity index (χ2n) is 4.59. The van der Waals surface area contributed by atoms with Crippen LogP contribution in [0.4, 0.5) is 0 Å². The van der Waals surface area contributed by atoms with E-state index < -0.39 is 11.4 Å². The van der Waals surface area contributed by atoms with Gasteiger partial charge in [0.05, 0.1) is 5.41 Å². The molecular weight excluding hydrogens is 204 g/mol. The number of hydrogen-bond donors (Lipinski definition) is 3. The average molecular weight is 222 g/mol. The first-order valence-electron chi connectivity index (χ1n) is 5.79. The topological polar surface area (TPSA) is 65.1 Å². The maximum Gasteiger partial charge on any atom is 0.310 e. The number of aliphatic carboxylic acids is 1. The number of rotatable bonds is 6. The van der Waals surface area contributed by atoms with Crippen LogP contribution in [0, 0.1) is 5.41 Å². The van der Waals surface area contributed by atoms with Gasteiger partial charge < -0.3 is 15.4 Å². The van der Waals surface area contributed by atoms with E-state index in [0.717, 1.165) is 32.2 Å². The number of carbonyl (C=O) groups is 1. The van der Waals surface area contributed by atoms with Crippen molar-refractivity contribution in [1.82, 2.24) is 10.3 Å². The first-order valence-corrected chi connectivity index (χ1v) is 5.79. The van der Waals surface area contributed by atoms with Gasteiger partial charge in [0.2, 0.25) is 0 Å².